The Morgan fingerprint density at radius 3 is 2.90 bits per heavy atom. The van der Waals surface area contributed by atoms with E-state index in [-0.39, 0.29) is 29.2 Å². The van der Waals surface area contributed by atoms with E-state index in [1.54, 1.807) is 48.5 Å². The molecule has 1 saturated heterocycles. The van der Waals surface area contributed by atoms with Gasteiger partial charge in [0.05, 0.1) is 21.8 Å². The molecule has 1 fully saturated rings. The number of aromatic nitrogens is 1. The first kappa shape index (κ1) is 24.8. The lowest BCUT2D eigenvalue weighted by molar-refractivity contribution is -0.132. The van der Waals surface area contributed by atoms with Crippen molar-refractivity contribution >= 4 is 44.1 Å². The lowest BCUT2D eigenvalue weighted by atomic mass is 9.94. The van der Waals surface area contributed by atoms with Crippen molar-refractivity contribution in [2.75, 3.05) is 11.5 Å². The number of carbonyl (C=O) groups excluding carboxylic acids is 2. The topological polar surface area (TPSA) is 89.0 Å². The molecule has 3 aromatic carbocycles. The van der Waals surface area contributed by atoms with Gasteiger partial charge in [-0.25, -0.2) is 9.37 Å². The van der Waals surface area contributed by atoms with Gasteiger partial charge >= 0.3 is 5.91 Å². The maximum absolute atomic E-state index is 13.9. The predicted octanol–water partition coefficient (Wildman–Crippen LogP) is 5.95. The molecule has 0 aliphatic carbocycles. The summed E-state index contributed by atoms with van der Waals surface area (Å²) in [7, 11) is 0. The summed E-state index contributed by atoms with van der Waals surface area (Å²) in [6.45, 7) is 5.89. The van der Waals surface area contributed by atoms with Crippen LogP contribution in [-0.2, 0) is 16.0 Å². The predicted molar refractivity (Wildman–Crippen MR) is 147 cm³/mol. The van der Waals surface area contributed by atoms with E-state index < -0.39 is 23.5 Å². The Morgan fingerprint density at radius 1 is 1.23 bits per heavy atom. The first-order valence-corrected chi connectivity index (χ1v) is 13.2. The fourth-order valence-corrected chi connectivity index (χ4v) is 6.01. The highest BCUT2D eigenvalue weighted by atomic mass is 32.1. The SMILES string of the molecule is C=CCOc1cccc([C@H]2C(=C(O)c3ccc4c(c3)C[C@H](C)O4)C(=O)C(=O)N2c2nc3ccc(F)cc3s2)c1. The summed E-state index contributed by atoms with van der Waals surface area (Å²) in [6, 6.07) is 15.3. The van der Waals surface area contributed by atoms with Gasteiger partial charge in [-0.05, 0) is 66.6 Å². The van der Waals surface area contributed by atoms with E-state index in [0.717, 1.165) is 22.6 Å². The van der Waals surface area contributed by atoms with Gasteiger partial charge in [-0.2, -0.15) is 0 Å². The summed E-state index contributed by atoms with van der Waals surface area (Å²) >= 11 is 1.09. The Balaban J connectivity index is 1.53. The average molecular weight is 543 g/mol. The molecule has 0 radical (unpaired) electrons. The number of rotatable bonds is 6. The van der Waals surface area contributed by atoms with Crippen molar-refractivity contribution in [3.8, 4) is 11.5 Å². The molecule has 1 amide bonds. The number of hydrogen-bond donors (Lipinski definition) is 1. The lowest BCUT2D eigenvalue weighted by Gasteiger charge is -2.23. The fraction of sp³-hybridized carbons (Fsp3) is 0.167. The molecule has 0 bridgehead atoms. The number of aliphatic hydroxyl groups excluding tert-OH is 1. The van der Waals surface area contributed by atoms with Gasteiger partial charge in [-0.15, -0.1) is 0 Å². The van der Waals surface area contributed by atoms with Crippen molar-refractivity contribution < 1.29 is 28.6 Å². The first-order valence-electron chi connectivity index (χ1n) is 12.3. The number of carbonyl (C=O) groups is 2. The van der Waals surface area contributed by atoms with Gasteiger partial charge in [0.25, 0.3) is 5.78 Å². The van der Waals surface area contributed by atoms with E-state index in [4.69, 9.17) is 9.47 Å². The van der Waals surface area contributed by atoms with Crippen LogP contribution >= 0.6 is 11.3 Å². The minimum atomic E-state index is -0.994. The van der Waals surface area contributed by atoms with Crippen molar-refractivity contribution in [3.05, 3.63) is 101 Å². The number of amides is 1. The Bertz CT molecular complexity index is 1690. The summed E-state index contributed by atoms with van der Waals surface area (Å²) in [5.74, 6) is -1.18. The summed E-state index contributed by atoms with van der Waals surface area (Å²) in [4.78, 5) is 32.9. The second-order valence-electron chi connectivity index (χ2n) is 9.40. The maximum atomic E-state index is 13.9. The number of anilines is 1. The summed E-state index contributed by atoms with van der Waals surface area (Å²) < 4.78 is 25.9. The van der Waals surface area contributed by atoms with Gasteiger partial charge in [-0.1, -0.05) is 36.1 Å². The maximum Gasteiger partial charge on any atom is 0.301 e. The molecule has 3 heterocycles. The molecule has 2 atom stereocenters. The van der Waals surface area contributed by atoms with Crippen molar-refractivity contribution in [2.45, 2.75) is 25.5 Å². The number of fused-ring (bicyclic) bond motifs is 2. The van der Waals surface area contributed by atoms with Crippen LogP contribution in [0.25, 0.3) is 16.0 Å². The smallest absolute Gasteiger partial charge is 0.301 e. The molecule has 6 rings (SSSR count). The van der Waals surface area contributed by atoms with Gasteiger partial charge < -0.3 is 14.6 Å². The highest BCUT2D eigenvalue weighted by molar-refractivity contribution is 7.22. The molecule has 1 aromatic heterocycles. The number of halogens is 1. The van der Waals surface area contributed by atoms with Crippen LogP contribution < -0.4 is 14.4 Å². The van der Waals surface area contributed by atoms with E-state index in [1.165, 1.54) is 23.1 Å². The quantitative estimate of drug-likeness (QED) is 0.140. The molecule has 1 N–H and O–H groups in total. The number of ether oxygens (including phenoxy) is 2. The third-order valence-electron chi connectivity index (χ3n) is 6.70. The minimum Gasteiger partial charge on any atom is -0.507 e. The van der Waals surface area contributed by atoms with Crippen LogP contribution in [0.2, 0.25) is 0 Å². The van der Waals surface area contributed by atoms with Crippen LogP contribution in [0.3, 0.4) is 0 Å². The highest BCUT2D eigenvalue weighted by Gasteiger charge is 2.48. The standard InChI is InChI=1S/C30H23FN2O5S/c1-3-11-37-21-6-4-5-17(14-21)26-25(27(34)18-7-10-23-19(13-18)12-16(2)38-23)28(35)29(36)33(26)30-32-22-9-8-20(31)15-24(22)39-30/h3-10,13-16,26,34H,1,11-12H2,2H3/t16-,26-/m0/s1. The van der Waals surface area contributed by atoms with E-state index in [1.807, 2.05) is 6.92 Å². The Hall–Kier alpha value is -4.50. The Kier molecular flexibility index (Phi) is 6.15. The zero-order valence-electron chi connectivity index (χ0n) is 20.9. The molecule has 9 heteroatoms. The highest BCUT2D eigenvalue weighted by Crippen LogP contribution is 2.45. The lowest BCUT2D eigenvalue weighted by Crippen LogP contribution is -2.29. The van der Waals surface area contributed by atoms with E-state index in [9.17, 15) is 19.1 Å². The fourth-order valence-electron chi connectivity index (χ4n) is 4.99. The molecular formula is C30H23FN2O5S. The number of Topliss-reactive ketones (excluding diaryl/α,β-unsaturated/α-hetero) is 1. The van der Waals surface area contributed by atoms with E-state index in [2.05, 4.69) is 11.6 Å². The molecular weight excluding hydrogens is 519 g/mol. The molecule has 2 aliphatic heterocycles. The van der Waals surface area contributed by atoms with Crippen molar-refractivity contribution in [2.24, 2.45) is 0 Å². The third-order valence-corrected chi connectivity index (χ3v) is 7.72. The average Bonchev–Trinajstić information content (AvgIpc) is 3.59. The van der Waals surface area contributed by atoms with Crippen LogP contribution in [0.15, 0.2) is 78.9 Å². The van der Waals surface area contributed by atoms with Crippen molar-refractivity contribution in [1.29, 1.82) is 0 Å². The van der Waals surface area contributed by atoms with Crippen LogP contribution in [0.1, 0.15) is 29.7 Å². The molecule has 0 spiro atoms. The number of thiazole rings is 1. The largest absolute Gasteiger partial charge is 0.507 e. The van der Waals surface area contributed by atoms with Crippen molar-refractivity contribution in [1.82, 2.24) is 4.98 Å². The molecule has 39 heavy (non-hydrogen) atoms. The van der Waals surface area contributed by atoms with E-state index >= 15 is 0 Å². The number of ketones is 1. The summed E-state index contributed by atoms with van der Waals surface area (Å²) in [5, 5.41) is 11.7. The first-order chi connectivity index (χ1) is 18.8. The minimum absolute atomic E-state index is 0.00477. The van der Waals surface area contributed by atoms with Gasteiger partial charge in [0.1, 0.15) is 35.8 Å². The second-order valence-corrected chi connectivity index (χ2v) is 10.4. The Morgan fingerprint density at radius 2 is 2.08 bits per heavy atom. The molecule has 0 saturated carbocycles. The monoisotopic (exact) mass is 542 g/mol. The van der Waals surface area contributed by atoms with Crippen LogP contribution in [0.4, 0.5) is 9.52 Å². The van der Waals surface area contributed by atoms with Crippen LogP contribution in [-0.4, -0.2) is 34.5 Å². The molecule has 196 valence electrons. The van der Waals surface area contributed by atoms with Gasteiger partial charge in [0, 0.05) is 12.0 Å². The normalized spacial score (nSPS) is 19.8. The van der Waals surface area contributed by atoms with Gasteiger partial charge in [0.15, 0.2) is 5.13 Å². The number of aliphatic hydroxyl groups is 1. The summed E-state index contributed by atoms with van der Waals surface area (Å²) in [5.41, 5.74) is 2.28. The van der Waals surface area contributed by atoms with E-state index in [0.29, 0.717) is 33.5 Å². The van der Waals surface area contributed by atoms with Crippen LogP contribution in [0.5, 0.6) is 11.5 Å². The summed E-state index contributed by atoms with van der Waals surface area (Å²) in [6.07, 6.45) is 2.28. The van der Waals surface area contributed by atoms with Gasteiger partial charge in [-0.3, -0.25) is 14.5 Å². The zero-order valence-corrected chi connectivity index (χ0v) is 21.7. The Labute approximate surface area is 227 Å². The molecule has 7 nitrogen and oxygen atoms in total. The van der Waals surface area contributed by atoms with Crippen molar-refractivity contribution in [3.63, 3.8) is 0 Å². The second kappa shape index (κ2) is 9.67. The number of benzene rings is 3. The number of hydrogen-bond acceptors (Lipinski definition) is 7. The molecule has 4 aromatic rings. The molecule has 2 aliphatic rings. The molecule has 0 unspecified atom stereocenters. The van der Waals surface area contributed by atoms with Crippen LogP contribution in [0, 0.1) is 5.82 Å². The number of nitrogens with zero attached hydrogens (tertiary/aromatic N) is 2. The van der Waals surface area contributed by atoms with Gasteiger partial charge in [0.2, 0.25) is 0 Å². The third kappa shape index (κ3) is 4.34. The zero-order chi connectivity index (χ0) is 27.3.